The van der Waals surface area contributed by atoms with Crippen molar-refractivity contribution in [2.45, 2.75) is 103 Å². The lowest BCUT2D eigenvalue weighted by Crippen LogP contribution is -2.47. The fourth-order valence-electron chi connectivity index (χ4n) is 6.55. The number of hydrogen-bond acceptors (Lipinski definition) is 6. The van der Waals surface area contributed by atoms with Crippen molar-refractivity contribution in [1.82, 2.24) is 9.80 Å². The summed E-state index contributed by atoms with van der Waals surface area (Å²) in [5, 5.41) is 13.3. The van der Waals surface area contributed by atoms with Crippen LogP contribution in [0.5, 0.6) is 5.75 Å². The minimum absolute atomic E-state index is 0.0353. The summed E-state index contributed by atoms with van der Waals surface area (Å²) >= 11 is 0. The van der Waals surface area contributed by atoms with Gasteiger partial charge in [-0.25, -0.2) is 0 Å². The van der Waals surface area contributed by atoms with Crippen LogP contribution >= 0.6 is 0 Å². The second-order valence-corrected chi connectivity index (χ2v) is 13.7. The van der Waals surface area contributed by atoms with Crippen LogP contribution in [0.3, 0.4) is 0 Å². The standard InChI is InChI=1S/C37H52F3N3O5/c1-25-21-43(26(2)24-44)36(46)32-20-31(41-35(45)29-11-6-5-7-12-29)17-18-33(32)48-27(3)10-8-9-19-47-34(25)23-42(4)22-28-13-15-30(16-14-28)37(38,39)40/h13-18,20,25-27,29,34,44H,5-12,19,21-24H2,1-4H3,(H,41,45)/t25-,26+,27-,34+/m0/s1. The highest BCUT2D eigenvalue weighted by Gasteiger charge is 2.32. The molecule has 2 aromatic carbocycles. The molecule has 2 aliphatic rings. The summed E-state index contributed by atoms with van der Waals surface area (Å²) in [6.45, 7) is 7.24. The van der Waals surface area contributed by atoms with Gasteiger partial charge in [-0.3, -0.25) is 14.5 Å². The molecular formula is C37H52F3N3O5. The number of amides is 2. The Kier molecular flexibility index (Phi) is 13.7. The van der Waals surface area contributed by atoms with Crippen molar-refractivity contribution in [2.75, 3.05) is 38.7 Å². The number of ether oxygens (including phenoxy) is 2. The van der Waals surface area contributed by atoms with Crippen LogP contribution in [0.25, 0.3) is 0 Å². The minimum Gasteiger partial charge on any atom is -0.490 e. The molecule has 2 amide bonds. The molecule has 0 bridgehead atoms. The first kappa shape index (κ1) is 37.7. The monoisotopic (exact) mass is 675 g/mol. The average Bonchev–Trinajstić information content (AvgIpc) is 3.06. The summed E-state index contributed by atoms with van der Waals surface area (Å²) < 4.78 is 51.9. The first-order chi connectivity index (χ1) is 22.8. The van der Waals surface area contributed by atoms with Crippen LogP contribution in [0.4, 0.5) is 18.9 Å². The molecule has 0 saturated heterocycles. The third-order valence-electron chi connectivity index (χ3n) is 9.52. The molecule has 0 unspecified atom stereocenters. The molecule has 0 radical (unpaired) electrons. The predicted octanol–water partition coefficient (Wildman–Crippen LogP) is 7.15. The summed E-state index contributed by atoms with van der Waals surface area (Å²) in [5.74, 6) is -0.105. The van der Waals surface area contributed by atoms with E-state index in [9.17, 15) is 27.9 Å². The van der Waals surface area contributed by atoms with Gasteiger partial charge in [0.25, 0.3) is 5.91 Å². The largest absolute Gasteiger partial charge is 0.490 e. The van der Waals surface area contributed by atoms with E-state index < -0.39 is 17.8 Å². The summed E-state index contributed by atoms with van der Waals surface area (Å²) in [7, 11) is 1.90. The van der Waals surface area contributed by atoms with E-state index in [0.717, 1.165) is 69.1 Å². The van der Waals surface area contributed by atoms with Crippen LogP contribution in [-0.2, 0) is 22.3 Å². The van der Waals surface area contributed by atoms with E-state index in [0.29, 0.717) is 36.7 Å². The van der Waals surface area contributed by atoms with E-state index >= 15 is 0 Å². The second-order valence-electron chi connectivity index (χ2n) is 13.7. The molecule has 48 heavy (non-hydrogen) atoms. The Balaban J connectivity index is 1.56. The molecule has 4 rings (SSSR count). The second kappa shape index (κ2) is 17.5. The molecule has 1 fully saturated rings. The van der Waals surface area contributed by atoms with E-state index in [2.05, 4.69) is 5.32 Å². The quantitative estimate of drug-likeness (QED) is 0.309. The lowest BCUT2D eigenvalue weighted by Gasteiger charge is -2.36. The minimum atomic E-state index is -4.39. The molecule has 266 valence electrons. The van der Waals surface area contributed by atoms with Gasteiger partial charge in [-0.15, -0.1) is 0 Å². The van der Waals surface area contributed by atoms with Crippen molar-refractivity contribution < 1.29 is 37.3 Å². The summed E-state index contributed by atoms with van der Waals surface area (Å²) in [5.41, 5.74) is 0.928. The normalized spacial score (nSPS) is 22.8. The number of carbonyl (C=O) groups excluding carboxylic acids is 2. The first-order valence-electron chi connectivity index (χ1n) is 17.3. The average molecular weight is 676 g/mol. The van der Waals surface area contributed by atoms with Gasteiger partial charge in [-0.2, -0.15) is 13.2 Å². The number of hydrogen-bond donors (Lipinski definition) is 2. The number of rotatable bonds is 8. The predicted molar refractivity (Wildman–Crippen MR) is 180 cm³/mol. The lowest BCUT2D eigenvalue weighted by atomic mass is 9.88. The maximum atomic E-state index is 14.4. The Morgan fingerprint density at radius 3 is 2.40 bits per heavy atom. The number of aliphatic hydroxyl groups is 1. The van der Waals surface area contributed by atoms with E-state index in [1.165, 1.54) is 12.1 Å². The van der Waals surface area contributed by atoms with Crippen molar-refractivity contribution >= 4 is 17.5 Å². The highest BCUT2D eigenvalue weighted by atomic mass is 19.4. The van der Waals surface area contributed by atoms with Crippen molar-refractivity contribution in [1.29, 1.82) is 0 Å². The SMILES string of the molecule is C[C@H](CO)N1C[C@H](C)[C@@H](CN(C)Cc2ccc(C(F)(F)F)cc2)OCCCC[C@H](C)Oc2ccc(NC(=O)C3CCCCC3)cc2C1=O. The summed E-state index contributed by atoms with van der Waals surface area (Å²) in [4.78, 5) is 31.1. The van der Waals surface area contributed by atoms with E-state index in [4.69, 9.17) is 9.47 Å². The molecule has 1 aliphatic carbocycles. The summed E-state index contributed by atoms with van der Waals surface area (Å²) in [6, 6.07) is 9.88. The van der Waals surface area contributed by atoms with Gasteiger partial charge in [0.15, 0.2) is 0 Å². The zero-order valence-corrected chi connectivity index (χ0v) is 28.7. The van der Waals surface area contributed by atoms with Gasteiger partial charge >= 0.3 is 6.18 Å². The van der Waals surface area contributed by atoms with Gasteiger partial charge in [-0.05, 0) is 88.9 Å². The van der Waals surface area contributed by atoms with Crippen LogP contribution in [-0.4, -0.2) is 78.3 Å². The zero-order chi connectivity index (χ0) is 34.8. The van der Waals surface area contributed by atoms with Crippen LogP contribution < -0.4 is 10.1 Å². The molecule has 0 aromatic heterocycles. The molecule has 2 aromatic rings. The molecule has 1 saturated carbocycles. The van der Waals surface area contributed by atoms with Crippen molar-refractivity contribution in [3.05, 3.63) is 59.2 Å². The lowest BCUT2D eigenvalue weighted by molar-refractivity contribution is -0.137. The van der Waals surface area contributed by atoms with E-state index in [1.54, 1.807) is 30.0 Å². The van der Waals surface area contributed by atoms with Gasteiger partial charge in [0.1, 0.15) is 5.75 Å². The van der Waals surface area contributed by atoms with Crippen molar-refractivity contribution in [2.24, 2.45) is 11.8 Å². The van der Waals surface area contributed by atoms with Crippen LogP contribution in [0, 0.1) is 11.8 Å². The number of alkyl halides is 3. The smallest absolute Gasteiger partial charge is 0.416 e. The highest BCUT2D eigenvalue weighted by Crippen LogP contribution is 2.31. The zero-order valence-electron chi connectivity index (χ0n) is 28.7. The number of likely N-dealkylation sites (N-methyl/N-ethyl adjacent to an activating group) is 1. The number of halogens is 3. The maximum absolute atomic E-state index is 14.4. The first-order valence-corrected chi connectivity index (χ1v) is 17.3. The number of fused-ring (bicyclic) bond motifs is 1. The van der Waals surface area contributed by atoms with Gasteiger partial charge in [0.05, 0.1) is 36.0 Å². The molecule has 0 spiro atoms. The molecule has 8 nitrogen and oxygen atoms in total. The van der Waals surface area contributed by atoms with Crippen molar-refractivity contribution in [3.63, 3.8) is 0 Å². The van der Waals surface area contributed by atoms with E-state index in [1.807, 2.05) is 25.8 Å². The molecule has 4 atom stereocenters. The number of anilines is 1. The Hall–Kier alpha value is -3.15. The topological polar surface area (TPSA) is 91.3 Å². The third kappa shape index (κ3) is 10.7. The van der Waals surface area contributed by atoms with Crippen molar-refractivity contribution in [3.8, 4) is 5.75 Å². The number of nitrogens with zero attached hydrogens (tertiary/aromatic N) is 2. The number of benzene rings is 2. The number of aliphatic hydroxyl groups excluding tert-OH is 1. The van der Waals surface area contributed by atoms with Gasteiger partial charge in [-0.1, -0.05) is 38.3 Å². The maximum Gasteiger partial charge on any atom is 0.416 e. The molecule has 11 heteroatoms. The molecule has 2 N–H and O–H groups in total. The third-order valence-corrected chi connectivity index (χ3v) is 9.52. The Bertz CT molecular complexity index is 1330. The van der Waals surface area contributed by atoms with Gasteiger partial charge in [0, 0.05) is 43.8 Å². The van der Waals surface area contributed by atoms with Gasteiger partial charge < -0.3 is 24.8 Å². The number of carbonyl (C=O) groups is 2. The van der Waals surface area contributed by atoms with E-state index in [-0.39, 0.29) is 49.0 Å². The fourth-order valence-corrected chi connectivity index (χ4v) is 6.55. The fraction of sp³-hybridized carbons (Fsp3) is 0.622. The molecular weight excluding hydrogens is 623 g/mol. The Labute approximate surface area is 283 Å². The summed E-state index contributed by atoms with van der Waals surface area (Å²) in [6.07, 6.45) is 2.51. The number of nitrogens with one attached hydrogen (secondary N) is 1. The van der Waals surface area contributed by atoms with Gasteiger partial charge in [0.2, 0.25) is 5.91 Å². The molecule has 1 aliphatic heterocycles. The Morgan fingerprint density at radius 1 is 1.04 bits per heavy atom. The molecule has 1 heterocycles. The highest BCUT2D eigenvalue weighted by molar-refractivity contribution is 6.00. The van der Waals surface area contributed by atoms with Crippen LogP contribution in [0.15, 0.2) is 42.5 Å². The van der Waals surface area contributed by atoms with Crippen LogP contribution in [0.2, 0.25) is 0 Å². The van der Waals surface area contributed by atoms with Crippen LogP contribution in [0.1, 0.15) is 93.6 Å². The Morgan fingerprint density at radius 2 is 1.73 bits per heavy atom.